The van der Waals surface area contributed by atoms with E-state index in [0.29, 0.717) is 65.7 Å². The van der Waals surface area contributed by atoms with Crippen molar-refractivity contribution < 1.29 is 28.7 Å². The smallest absolute Gasteiger partial charge is 0.258 e. The van der Waals surface area contributed by atoms with Crippen molar-refractivity contribution in [1.29, 1.82) is 0 Å². The van der Waals surface area contributed by atoms with E-state index < -0.39 is 0 Å². The standard InChI is InChI=1S/C42H54N6O6/c1-31-14-18-36(38(29-31)54-28-10-6-7-13-39(49)47-24-20-44(2)21-25-47)46(4)42(52)33-15-17-35(37(30-33)53-5)43-41(51)34-12-9-8-11-32(34)16-19-40(50)48-26-22-45(3)23-27-48/h8-9,11-12,14-19,29-30H,6-7,10,13,20-28H2,1-5H3,(H,43,51)/b19-16+. The highest BCUT2D eigenvalue weighted by Crippen LogP contribution is 2.32. The molecule has 0 aromatic heterocycles. The third-order valence-electron chi connectivity index (χ3n) is 10.1. The number of unbranched alkanes of at least 4 members (excludes halogenated alkanes) is 2. The number of anilines is 2. The van der Waals surface area contributed by atoms with Gasteiger partial charge in [-0.2, -0.15) is 0 Å². The van der Waals surface area contributed by atoms with Crippen molar-refractivity contribution in [1.82, 2.24) is 19.6 Å². The first-order valence-corrected chi connectivity index (χ1v) is 18.8. The number of aryl methyl sites for hydroxylation is 1. The summed E-state index contributed by atoms with van der Waals surface area (Å²) in [5.41, 5.74) is 3.41. The van der Waals surface area contributed by atoms with Crippen LogP contribution in [-0.4, -0.2) is 130 Å². The number of hydrogen-bond acceptors (Lipinski definition) is 8. The van der Waals surface area contributed by atoms with Crippen molar-refractivity contribution in [2.75, 3.05) is 97.4 Å². The molecule has 0 atom stereocenters. The number of benzene rings is 3. The second kappa shape index (κ2) is 19.2. The average Bonchev–Trinajstić information content (AvgIpc) is 3.18. The van der Waals surface area contributed by atoms with Crippen molar-refractivity contribution in [3.05, 3.63) is 89.0 Å². The van der Waals surface area contributed by atoms with Crippen LogP contribution in [-0.2, 0) is 9.59 Å². The molecule has 2 heterocycles. The molecule has 0 radical (unpaired) electrons. The molecule has 0 unspecified atom stereocenters. The molecule has 0 aliphatic carbocycles. The molecule has 3 aromatic carbocycles. The fraction of sp³-hybridized carbons (Fsp3) is 0.429. The summed E-state index contributed by atoms with van der Waals surface area (Å²) in [6.07, 6.45) is 6.21. The minimum atomic E-state index is -0.375. The molecule has 12 heteroatoms. The Hall–Kier alpha value is -5.20. The van der Waals surface area contributed by atoms with Crippen LogP contribution in [0.1, 0.15) is 57.5 Å². The topological polar surface area (TPSA) is 115 Å². The fourth-order valence-corrected chi connectivity index (χ4v) is 6.53. The van der Waals surface area contributed by atoms with Gasteiger partial charge >= 0.3 is 0 Å². The maximum atomic E-state index is 13.8. The summed E-state index contributed by atoms with van der Waals surface area (Å²) < 4.78 is 11.8. The third-order valence-corrected chi connectivity index (χ3v) is 10.1. The SMILES string of the molecule is COc1cc(C(=O)N(C)c2ccc(C)cc2OCCCCCC(=O)N2CCN(C)CC2)ccc1NC(=O)c1ccccc1/C=C/C(=O)N1CCN(C)CC1. The number of amides is 4. The molecule has 12 nitrogen and oxygen atoms in total. The average molecular weight is 739 g/mol. The predicted molar refractivity (Wildman–Crippen MR) is 212 cm³/mol. The zero-order chi connectivity index (χ0) is 38.6. The lowest BCUT2D eigenvalue weighted by molar-refractivity contribution is -0.133. The molecule has 2 aliphatic heterocycles. The second-order valence-electron chi connectivity index (χ2n) is 14.1. The number of nitrogens with one attached hydrogen (secondary N) is 1. The number of likely N-dealkylation sites (N-methyl/N-ethyl adjacent to an activating group) is 2. The Balaban J connectivity index is 1.18. The van der Waals surface area contributed by atoms with Crippen LogP contribution in [0.4, 0.5) is 11.4 Å². The highest BCUT2D eigenvalue weighted by molar-refractivity contribution is 6.10. The lowest BCUT2D eigenvalue weighted by atomic mass is 10.1. The molecule has 4 amide bonds. The Bertz CT molecular complexity index is 1810. The maximum Gasteiger partial charge on any atom is 0.258 e. The predicted octanol–water partition coefficient (Wildman–Crippen LogP) is 5.03. The number of rotatable bonds is 14. The largest absolute Gasteiger partial charge is 0.495 e. The first-order valence-electron chi connectivity index (χ1n) is 18.8. The Morgan fingerprint density at radius 3 is 2.19 bits per heavy atom. The minimum Gasteiger partial charge on any atom is -0.495 e. The van der Waals surface area contributed by atoms with Gasteiger partial charge in [-0.3, -0.25) is 19.2 Å². The number of nitrogens with zero attached hydrogens (tertiary/aromatic N) is 5. The summed E-state index contributed by atoms with van der Waals surface area (Å²) in [5.74, 6) is 0.417. The molecule has 0 saturated carbocycles. The van der Waals surface area contributed by atoms with E-state index in [-0.39, 0.29) is 23.6 Å². The summed E-state index contributed by atoms with van der Waals surface area (Å²) in [5, 5.41) is 2.91. The highest BCUT2D eigenvalue weighted by atomic mass is 16.5. The van der Waals surface area contributed by atoms with E-state index in [2.05, 4.69) is 22.2 Å². The van der Waals surface area contributed by atoms with E-state index in [9.17, 15) is 19.2 Å². The molecule has 2 saturated heterocycles. The summed E-state index contributed by atoms with van der Waals surface area (Å²) in [4.78, 5) is 62.4. The van der Waals surface area contributed by atoms with Gasteiger partial charge in [0.2, 0.25) is 11.8 Å². The van der Waals surface area contributed by atoms with Crippen LogP contribution in [0, 0.1) is 6.92 Å². The van der Waals surface area contributed by atoms with Gasteiger partial charge < -0.3 is 39.3 Å². The van der Waals surface area contributed by atoms with Crippen molar-refractivity contribution in [2.24, 2.45) is 0 Å². The first kappa shape index (κ1) is 40.0. The minimum absolute atomic E-state index is 0.0872. The summed E-state index contributed by atoms with van der Waals surface area (Å²) in [6.45, 7) is 8.86. The summed E-state index contributed by atoms with van der Waals surface area (Å²) >= 11 is 0. The van der Waals surface area contributed by atoms with Crippen LogP contribution in [0.2, 0.25) is 0 Å². The van der Waals surface area contributed by atoms with Gasteiger partial charge in [0.05, 0.1) is 25.1 Å². The summed E-state index contributed by atoms with van der Waals surface area (Å²) in [6, 6.07) is 17.7. The number of piperazine rings is 2. The van der Waals surface area contributed by atoms with E-state index >= 15 is 0 Å². The van der Waals surface area contributed by atoms with Gasteiger partial charge in [0, 0.05) is 83.0 Å². The van der Waals surface area contributed by atoms with E-state index in [1.807, 2.05) is 43.1 Å². The number of ether oxygens (including phenoxy) is 2. The Labute approximate surface area is 319 Å². The Morgan fingerprint density at radius 2 is 1.48 bits per heavy atom. The molecular weight excluding hydrogens is 684 g/mol. The zero-order valence-electron chi connectivity index (χ0n) is 32.3. The molecule has 1 N–H and O–H groups in total. The van der Waals surface area contributed by atoms with Crippen molar-refractivity contribution >= 4 is 41.1 Å². The van der Waals surface area contributed by atoms with Crippen LogP contribution in [0.5, 0.6) is 11.5 Å². The molecular formula is C42H54N6O6. The van der Waals surface area contributed by atoms with Crippen LogP contribution in [0.15, 0.2) is 66.7 Å². The molecule has 54 heavy (non-hydrogen) atoms. The molecule has 3 aromatic rings. The molecule has 0 bridgehead atoms. The Morgan fingerprint density at radius 1 is 0.796 bits per heavy atom. The lowest BCUT2D eigenvalue weighted by Crippen LogP contribution is -2.47. The van der Waals surface area contributed by atoms with Crippen LogP contribution in [0.25, 0.3) is 6.08 Å². The van der Waals surface area contributed by atoms with Crippen LogP contribution < -0.4 is 19.7 Å². The first-order chi connectivity index (χ1) is 26.0. The van der Waals surface area contributed by atoms with Crippen LogP contribution in [0.3, 0.4) is 0 Å². The molecule has 288 valence electrons. The van der Waals surface area contributed by atoms with Crippen molar-refractivity contribution in [2.45, 2.75) is 32.6 Å². The fourth-order valence-electron chi connectivity index (χ4n) is 6.53. The summed E-state index contributed by atoms with van der Waals surface area (Å²) in [7, 11) is 7.30. The van der Waals surface area contributed by atoms with Gasteiger partial charge in [-0.05, 0) is 93.9 Å². The lowest BCUT2D eigenvalue weighted by Gasteiger charge is -2.32. The van der Waals surface area contributed by atoms with Gasteiger partial charge in [-0.1, -0.05) is 24.3 Å². The molecule has 2 aliphatic rings. The van der Waals surface area contributed by atoms with Gasteiger partial charge in [-0.15, -0.1) is 0 Å². The van der Waals surface area contributed by atoms with E-state index in [4.69, 9.17) is 9.47 Å². The number of carbonyl (C=O) groups excluding carboxylic acids is 4. The molecule has 5 rings (SSSR count). The quantitative estimate of drug-likeness (QED) is 0.181. The van der Waals surface area contributed by atoms with E-state index in [0.717, 1.165) is 64.1 Å². The normalized spacial score (nSPS) is 15.3. The van der Waals surface area contributed by atoms with Gasteiger partial charge in [0.25, 0.3) is 11.8 Å². The van der Waals surface area contributed by atoms with Crippen molar-refractivity contribution in [3.63, 3.8) is 0 Å². The monoisotopic (exact) mass is 738 g/mol. The second-order valence-corrected chi connectivity index (χ2v) is 14.1. The number of carbonyl (C=O) groups is 4. The Kier molecular flexibility index (Phi) is 14.2. The van der Waals surface area contributed by atoms with Gasteiger partial charge in [0.1, 0.15) is 11.5 Å². The third kappa shape index (κ3) is 10.7. The molecule has 0 spiro atoms. The number of methoxy groups -OCH3 is 1. The van der Waals surface area contributed by atoms with Gasteiger partial charge in [-0.25, -0.2) is 0 Å². The van der Waals surface area contributed by atoms with Crippen molar-refractivity contribution in [3.8, 4) is 11.5 Å². The van der Waals surface area contributed by atoms with Crippen LogP contribution >= 0.6 is 0 Å². The highest BCUT2D eigenvalue weighted by Gasteiger charge is 2.22. The van der Waals surface area contributed by atoms with E-state index in [1.54, 1.807) is 59.3 Å². The molecule has 2 fully saturated rings. The maximum absolute atomic E-state index is 13.8. The van der Waals surface area contributed by atoms with E-state index in [1.165, 1.54) is 13.2 Å². The zero-order valence-corrected chi connectivity index (χ0v) is 32.3. The van der Waals surface area contributed by atoms with Gasteiger partial charge in [0.15, 0.2) is 0 Å². The number of hydrogen-bond donors (Lipinski definition) is 1.